The van der Waals surface area contributed by atoms with Gasteiger partial charge in [0.2, 0.25) is 0 Å². The minimum Gasteiger partial charge on any atom is -0.479 e. The van der Waals surface area contributed by atoms with E-state index < -0.39 is 18.6 Å². The summed E-state index contributed by atoms with van der Waals surface area (Å²) in [5.41, 5.74) is 2.00. The average Bonchev–Trinajstić information content (AvgIpc) is 2.56. The number of aliphatic carboxylic acids is 1. The summed E-state index contributed by atoms with van der Waals surface area (Å²) in [6.07, 6.45) is 0.941. The molecule has 1 rings (SSSR count). The second-order valence-electron chi connectivity index (χ2n) is 2.82. The second-order valence-corrected chi connectivity index (χ2v) is 3.97. The Labute approximate surface area is 85.3 Å². The highest BCUT2D eigenvalue weighted by Gasteiger charge is 2.17. The summed E-state index contributed by atoms with van der Waals surface area (Å²) < 4.78 is 0. The van der Waals surface area contributed by atoms with Crippen molar-refractivity contribution in [3.8, 4) is 0 Å². The van der Waals surface area contributed by atoms with E-state index in [1.54, 1.807) is 11.8 Å². The first kappa shape index (κ1) is 11.1. The molecular weight excluding hydrogens is 208 g/mol. The lowest BCUT2D eigenvalue weighted by Crippen LogP contribution is -2.42. The van der Waals surface area contributed by atoms with Crippen molar-refractivity contribution < 1.29 is 19.5 Å². The molecule has 0 saturated carbocycles. The first-order valence-corrected chi connectivity index (χ1v) is 5.32. The van der Waals surface area contributed by atoms with Crippen molar-refractivity contribution in [1.29, 1.82) is 0 Å². The average molecular weight is 220 g/mol. The maximum absolute atomic E-state index is 11.0. The van der Waals surface area contributed by atoms with Crippen LogP contribution in [0.4, 0.5) is 4.79 Å². The Morgan fingerprint density at radius 1 is 1.57 bits per heavy atom. The lowest BCUT2D eigenvalue weighted by molar-refractivity contribution is -0.144. The van der Waals surface area contributed by atoms with E-state index in [-0.39, 0.29) is 6.04 Å². The molecule has 0 aliphatic carbocycles. The lowest BCUT2D eigenvalue weighted by Gasteiger charge is -2.11. The van der Waals surface area contributed by atoms with E-state index in [9.17, 15) is 9.59 Å². The van der Waals surface area contributed by atoms with Gasteiger partial charge in [-0.25, -0.2) is 15.1 Å². The van der Waals surface area contributed by atoms with Crippen LogP contribution in [0.2, 0.25) is 0 Å². The molecular formula is C7H12N2O4S. The van der Waals surface area contributed by atoms with E-state index in [1.165, 1.54) is 0 Å². The number of amides is 2. The van der Waals surface area contributed by atoms with Crippen LogP contribution in [0.5, 0.6) is 0 Å². The van der Waals surface area contributed by atoms with Crippen LogP contribution < -0.4 is 10.8 Å². The van der Waals surface area contributed by atoms with Gasteiger partial charge in [0.1, 0.15) is 0 Å². The third kappa shape index (κ3) is 4.33. The van der Waals surface area contributed by atoms with Gasteiger partial charge in [0, 0.05) is 11.8 Å². The van der Waals surface area contributed by atoms with Crippen LogP contribution in [0.25, 0.3) is 0 Å². The van der Waals surface area contributed by atoms with Crippen LogP contribution in [0.1, 0.15) is 6.42 Å². The van der Waals surface area contributed by atoms with Gasteiger partial charge in [-0.3, -0.25) is 4.84 Å². The topological polar surface area (TPSA) is 87.7 Å². The normalized spacial score (nSPS) is 20.4. The van der Waals surface area contributed by atoms with Gasteiger partial charge in [-0.05, 0) is 12.2 Å². The molecule has 0 aromatic carbocycles. The maximum Gasteiger partial charge on any atom is 0.338 e. The van der Waals surface area contributed by atoms with E-state index >= 15 is 0 Å². The summed E-state index contributed by atoms with van der Waals surface area (Å²) in [4.78, 5) is 25.5. The van der Waals surface area contributed by atoms with Crippen LogP contribution in [0.15, 0.2) is 0 Å². The first-order chi connectivity index (χ1) is 6.68. The Kier molecular flexibility index (Phi) is 4.54. The molecule has 1 heterocycles. The summed E-state index contributed by atoms with van der Waals surface area (Å²) in [7, 11) is 0. The molecule has 1 fully saturated rings. The summed E-state index contributed by atoms with van der Waals surface area (Å²) in [6.45, 7) is -0.535. The molecule has 1 atom stereocenters. The highest BCUT2D eigenvalue weighted by atomic mass is 32.2. The summed E-state index contributed by atoms with van der Waals surface area (Å²) in [5.74, 6) is 0.814. The Hall–Kier alpha value is -0.950. The number of nitrogens with one attached hydrogen (secondary N) is 2. The molecule has 14 heavy (non-hydrogen) atoms. The van der Waals surface area contributed by atoms with Gasteiger partial charge in [0.25, 0.3) is 0 Å². The molecule has 0 aromatic heterocycles. The molecule has 1 aliphatic heterocycles. The van der Waals surface area contributed by atoms with Crippen LogP contribution >= 0.6 is 11.8 Å². The molecule has 0 spiro atoms. The third-order valence-corrected chi connectivity index (χ3v) is 2.79. The van der Waals surface area contributed by atoms with Crippen molar-refractivity contribution in [2.24, 2.45) is 0 Å². The van der Waals surface area contributed by atoms with Crippen molar-refractivity contribution in [1.82, 2.24) is 10.8 Å². The van der Waals surface area contributed by atoms with Crippen molar-refractivity contribution in [3.05, 3.63) is 0 Å². The number of rotatable bonds is 4. The summed E-state index contributed by atoms with van der Waals surface area (Å²) >= 11 is 1.78. The van der Waals surface area contributed by atoms with Gasteiger partial charge in [0.05, 0.1) is 0 Å². The molecule has 0 radical (unpaired) electrons. The number of hydrogen-bond donors (Lipinski definition) is 3. The summed E-state index contributed by atoms with van der Waals surface area (Å²) in [5, 5.41) is 10.9. The quantitative estimate of drug-likeness (QED) is 0.571. The predicted molar refractivity (Wildman–Crippen MR) is 51.0 cm³/mol. The largest absolute Gasteiger partial charge is 0.479 e. The van der Waals surface area contributed by atoms with Crippen molar-refractivity contribution in [2.45, 2.75) is 12.5 Å². The van der Waals surface area contributed by atoms with E-state index in [0.717, 1.165) is 17.9 Å². The van der Waals surface area contributed by atoms with E-state index in [4.69, 9.17) is 5.11 Å². The fourth-order valence-electron chi connectivity index (χ4n) is 1.03. The first-order valence-electron chi connectivity index (χ1n) is 4.16. The van der Waals surface area contributed by atoms with Gasteiger partial charge in [-0.2, -0.15) is 11.8 Å². The molecule has 6 nitrogen and oxygen atoms in total. The number of hydrogen-bond acceptors (Lipinski definition) is 4. The number of thioether (sulfide) groups is 1. The van der Waals surface area contributed by atoms with Gasteiger partial charge >= 0.3 is 12.0 Å². The van der Waals surface area contributed by atoms with Gasteiger partial charge in [-0.1, -0.05) is 0 Å². The zero-order valence-electron chi connectivity index (χ0n) is 7.49. The van der Waals surface area contributed by atoms with Gasteiger partial charge < -0.3 is 10.4 Å². The molecule has 7 heteroatoms. The van der Waals surface area contributed by atoms with Crippen molar-refractivity contribution >= 4 is 23.8 Å². The number of carbonyl (C=O) groups excluding carboxylic acids is 1. The highest BCUT2D eigenvalue weighted by Crippen LogP contribution is 2.16. The van der Waals surface area contributed by atoms with Gasteiger partial charge in [-0.15, -0.1) is 0 Å². The highest BCUT2D eigenvalue weighted by molar-refractivity contribution is 7.99. The second kappa shape index (κ2) is 5.71. The van der Waals surface area contributed by atoms with Crippen LogP contribution in [-0.4, -0.2) is 41.3 Å². The number of carbonyl (C=O) groups is 2. The molecule has 0 aromatic rings. The lowest BCUT2D eigenvalue weighted by atomic mass is 10.3. The molecule has 1 saturated heterocycles. The summed E-state index contributed by atoms with van der Waals surface area (Å²) in [6, 6.07) is -0.327. The van der Waals surface area contributed by atoms with Crippen LogP contribution in [0.3, 0.4) is 0 Å². The SMILES string of the molecule is O=C(O)CONC(=O)NC1CCSC1. The predicted octanol–water partition coefficient (Wildman–Crippen LogP) is -0.193. The van der Waals surface area contributed by atoms with Crippen molar-refractivity contribution in [2.75, 3.05) is 18.1 Å². The zero-order chi connectivity index (χ0) is 10.4. The fraction of sp³-hybridized carbons (Fsp3) is 0.714. The number of carboxylic acid groups (broad SMARTS) is 1. The number of hydroxylamine groups is 1. The standard InChI is InChI=1S/C7H12N2O4S/c10-6(11)3-13-9-7(12)8-5-1-2-14-4-5/h5H,1-4H2,(H,10,11)(H2,8,9,12). The Morgan fingerprint density at radius 2 is 2.36 bits per heavy atom. The van der Waals surface area contributed by atoms with Crippen LogP contribution in [-0.2, 0) is 9.63 Å². The maximum atomic E-state index is 11.0. The zero-order valence-corrected chi connectivity index (χ0v) is 8.30. The van der Waals surface area contributed by atoms with Gasteiger partial charge in [0.15, 0.2) is 6.61 Å². The van der Waals surface area contributed by atoms with Crippen molar-refractivity contribution in [3.63, 3.8) is 0 Å². The molecule has 3 N–H and O–H groups in total. The number of urea groups is 1. The molecule has 1 unspecified atom stereocenters. The number of carboxylic acids is 1. The fourth-order valence-corrected chi connectivity index (χ4v) is 2.18. The van der Waals surface area contributed by atoms with Crippen LogP contribution in [0, 0.1) is 0 Å². The van der Waals surface area contributed by atoms with E-state index in [2.05, 4.69) is 10.2 Å². The molecule has 80 valence electrons. The molecule has 2 amide bonds. The van der Waals surface area contributed by atoms with E-state index in [1.807, 2.05) is 5.48 Å². The minimum atomic E-state index is -1.12. The third-order valence-electron chi connectivity index (χ3n) is 1.63. The minimum absolute atomic E-state index is 0.161. The Bertz CT molecular complexity index is 218. The monoisotopic (exact) mass is 220 g/mol. The van der Waals surface area contributed by atoms with E-state index in [0.29, 0.717) is 0 Å². The molecule has 1 aliphatic rings. The Morgan fingerprint density at radius 3 is 2.93 bits per heavy atom. The smallest absolute Gasteiger partial charge is 0.338 e. The Balaban J connectivity index is 2.06. The molecule has 0 bridgehead atoms.